The fraction of sp³-hybridized carbons (Fsp3) is 0.846. The summed E-state index contributed by atoms with van der Waals surface area (Å²) in [5, 5.41) is 5.62. The van der Waals surface area contributed by atoms with Gasteiger partial charge >= 0.3 is 0 Å². The van der Waals surface area contributed by atoms with Crippen molar-refractivity contribution >= 4 is 23.2 Å². The van der Waals surface area contributed by atoms with Gasteiger partial charge < -0.3 is 16.4 Å². The summed E-state index contributed by atoms with van der Waals surface area (Å²) >= 11 is 4.61. The molecule has 0 spiro atoms. The van der Waals surface area contributed by atoms with E-state index in [0.29, 0.717) is 0 Å². The van der Waals surface area contributed by atoms with Gasteiger partial charge in [-0.3, -0.25) is 4.79 Å². The highest BCUT2D eigenvalue weighted by atomic mass is 32.1. The van der Waals surface area contributed by atoms with E-state index in [1.165, 1.54) is 44.9 Å². The Kier molecular flexibility index (Phi) is 12.0. The molecule has 0 unspecified atom stereocenters. The molecule has 0 aliphatic rings. The molecule has 0 aromatic rings. The largest absolute Gasteiger partial charge is 0.376 e. The molecule has 5 heteroatoms. The lowest BCUT2D eigenvalue weighted by Gasteiger charge is -2.06. The Labute approximate surface area is 116 Å². The van der Waals surface area contributed by atoms with Gasteiger partial charge in [0, 0.05) is 6.54 Å². The van der Waals surface area contributed by atoms with E-state index in [-0.39, 0.29) is 17.6 Å². The fourth-order valence-electron chi connectivity index (χ4n) is 1.72. The van der Waals surface area contributed by atoms with Crippen LogP contribution in [0.4, 0.5) is 0 Å². The normalized spacial score (nSPS) is 10.1. The Bertz CT molecular complexity index is 234. The minimum atomic E-state index is -0.0502. The van der Waals surface area contributed by atoms with Crippen LogP contribution in [0.5, 0.6) is 0 Å². The summed E-state index contributed by atoms with van der Waals surface area (Å²) in [5.41, 5.74) is 5.23. The number of unbranched alkanes of at least 4 members (excludes halogenated alkanes) is 7. The average Bonchev–Trinajstić information content (AvgIpc) is 2.34. The second-order valence-electron chi connectivity index (χ2n) is 4.54. The maximum Gasteiger partial charge on any atom is 0.239 e. The zero-order valence-corrected chi connectivity index (χ0v) is 12.3. The van der Waals surface area contributed by atoms with Crippen LogP contribution in [0.25, 0.3) is 0 Å². The van der Waals surface area contributed by atoms with Crippen LogP contribution in [0.2, 0.25) is 0 Å². The van der Waals surface area contributed by atoms with Gasteiger partial charge in [-0.15, -0.1) is 0 Å². The first-order valence-electron chi connectivity index (χ1n) is 6.96. The van der Waals surface area contributed by atoms with Gasteiger partial charge in [0.1, 0.15) is 0 Å². The average molecular weight is 273 g/mol. The summed E-state index contributed by atoms with van der Waals surface area (Å²) in [5.74, 6) is -0.0502. The second kappa shape index (κ2) is 12.6. The van der Waals surface area contributed by atoms with Crippen LogP contribution >= 0.6 is 12.2 Å². The van der Waals surface area contributed by atoms with E-state index in [9.17, 15) is 4.79 Å². The van der Waals surface area contributed by atoms with E-state index in [1.54, 1.807) is 0 Å². The van der Waals surface area contributed by atoms with Gasteiger partial charge in [0.05, 0.1) is 6.54 Å². The van der Waals surface area contributed by atoms with Crippen LogP contribution in [0, 0.1) is 0 Å². The molecule has 0 heterocycles. The third-order valence-corrected chi connectivity index (χ3v) is 2.92. The summed E-state index contributed by atoms with van der Waals surface area (Å²) in [6, 6.07) is 0. The van der Waals surface area contributed by atoms with Crippen LogP contribution in [-0.4, -0.2) is 24.1 Å². The number of hydrogen-bond donors (Lipinski definition) is 3. The van der Waals surface area contributed by atoms with E-state index >= 15 is 0 Å². The molecule has 0 fully saturated rings. The summed E-state index contributed by atoms with van der Waals surface area (Å²) in [4.78, 5) is 11.3. The Hall–Kier alpha value is -0.840. The number of carbonyl (C=O) groups is 1. The van der Waals surface area contributed by atoms with Crippen LogP contribution in [-0.2, 0) is 4.79 Å². The molecule has 0 rings (SSSR count). The van der Waals surface area contributed by atoms with E-state index in [4.69, 9.17) is 5.73 Å². The number of rotatable bonds is 11. The molecule has 0 aromatic heterocycles. The molecule has 0 aliphatic carbocycles. The Morgan fingerprint density at radius 2 is 1.56 bits per heavy atom. The molecule has 0 bridgehead atoms. The molecular formula is C13H27N3OS. The van der Waals surface area contributed by atoms with Crippen molar-refractivity contribution in [1.29, 1.82) is 0 Å². The molecular weight excluding hydrogens is 246 g/mol. The summed E-state index contributed by atoms with van der Waals surface area (Å²) in [7, 11) is 0. The lowest BCUT2D eigenvalue weighted by molar-refractivity contribution is -0.120. The topological polar surface area (TPSA) is 67.2 Å². The maximum atomic E-state index is 11.3. The van der Waals surface area contributed by atoms with E-state index < -0.39 is 0 Å². The molecule has 0 aliphatic heterocycles. The predicted molar refractivity (Wildman–Crippen MR) is 80.4 cm³/mol. The highest BCUT2D eigenvalue weighted by Crippen LogP contribution is 2.07. The lowest BCUT2D eigenvalue weighted by atomic mass is 10.1. The third kappa shape index (κ3) is 13.2. The zero-order valence-electron chi connectivity index (χ0n) is 11.5. The first-order valence-corrected chi connectivity index (χ1v) is 7.37. The third-order valence-electron chi connectivity index (χ3n) is 2.78. The van der Waals surface area contributed by atoms with Crippen molar-refractivity contribution in [1.82, 2.24) is 10.6 Å². The minimum absolute atomic E-state index is 0.0502. The number of nitrogens with two attached hydrogens (primary N) is 1. The summed E-state index contributed by atoms with van der Waals surface area (Å²) < 4.78 is 0. The first-order chi connectivity index (χ1) is 8.66. The SMILES string of the molecule is CCCCCCCCCCNC(=O)CNC(N)=S. The Morgan fingerprint density at radius 3 is 2.11 bits per heavy atom. The quantitative estimate of drug-likeness (QED) is 0.398. The number of carbonyl (C=O) groups excluding carboxylic acids is 1. The molecule has 106 valence electrons. The predicted octanol–water partition coefficient (Wildman–Crippen LogP) is 2.08. The minimum Gasteiger partial charge on any atom is -0.376 e. The lowest BCUT2D eigenvalue weighted by Crippen LogP contribution is -2.39. The van der Waals surface area contributed by atoms with Crippen molar-refractivity contribution in [3.63, 3.8) is 0 Å². The van der Waals surface area contributed by atoms with Crippen LogP contribution in [0.15, 0.2) is 0 Å². The standard InChI is InChI=1S/C13H27N3OS/c1-2-3-4-5-6-7-8-9-10-15-12(17)11-16-13(14)18/h2-11H2,1H3,(H,15,17)(H3,14,16,18). The molecule has 0 atom stereocenters. The number of hydrogen-bond acceptors (Lipinski definition) is 2. The van der Waals surface area contributed by atoms with Gasteiger partial charge in [-0.05, 0) is 18.6 Å². The second-order valence-corrected chi connectivity index (χ2v) is 4.98. The van der Waals surface area contributed by atoms with E-state index in [1.807, 2.05) is 0 Å². The fourth-order valence-corrected chi connectivity index (χ4v) is 1.79. The molecule has 0 aromatic carbocycles. The first kappa shape index (κ1) is 17.2. The zero-order chi connectivity index (χ0) is 13.6. The molecule has 0 radical (unpaired) electrons. The van der Waals surface area contributed by atoms with Gasteiger partial charge in [-0.2, -0.15) is 0 Å². The van der Waals surface area contributed by atoms with Crippen LogP contribution < -0.4 is 16.4 Å². The number of amides is 1. The Morgan fingerprint density at radius 1 is 1.00 bits per heavy atom. The van der Waals surface area contributed by atoms with Crippen molar-refractivity contribution in [2.24, 2.45) is 5.73 Å². The smallest absolute Gasteiger partial charge is 0.239 e. The maximum absolute atomic E-state index is 11.3. The molecule has 18 heavy (non-hydrogen) atoms. The number of thiocarbonyl (C=S) groups is 1. The molecule has 4 nitrogen and oxygen atoms in total. The van der Waals surface area contributed by atoms with Gasteiger partial charge in [0.15, 0.2) is 5.11 Å². The van der Waals surface area contributed by atoms with E-state index in [2.05, 4.69) is 29.8 Å². The highest BCUT2D eigenvalue weighted by Gasteiger charge is 1.99. The van der Waals surface area contributed by atoms with Gasteiger partial charge in [0.25, 0.3) is 0 Å². The Balaban J connectivity index is 3.15. The summed E-state index contributed by atoms with van der Waals surface area (Å²) in [6.07, 6.45) is 10.2. The summed E-state index contributed by atoms with van der Waals surface area (Å²) in [6.45, 7) is 3.15. The van der Waals surface area contributed by atoms with E-state index in [0.717, 1.165) is 13.0 Å². The van der Waals surface area contributed by atoms with Crippen molar-refractivity contribution < 1.29 is 4.79 Å². The molecule has 4 N–H and O–H groups in total. The van der Waals surface area contributed by atoms with Gasteiger partial charge in [-0.1, -0.05) is 51.9 Å². The number of nitrogens with one attached hydrogen (secondary N) is 2. The van der Waals surface area contributed by atoms with Crippen molar-refractivity contribution in [3.05, 3.63) is 0 Å². The molecule has 0 saturated carbocycles. The van der Waals surface area contributed by atoms with Crippen molar-refractivity contribution in [2.75, 3.05) is 13.1 Å². The van der Waals surface area contributed by atoms with Gasteiger partial charge in [0.2, 0.25) is 5.91 Å². The molecule has 0 saturated heterocycles. The monoisotopic (exact) mass is 273 g/mol. The van der Waals surface area contributed by atoms with Crippen LogP contribution in [0.3, 0.4) is 0 Å². The van der Waals surface area contributed by atoms with Gasteiger partial charge in [-0.25, -0.2) is 0 Å². The van der Waals surface area contributed by atoms with Crippen molar-refractivity contribution in [2.45, 2.75) is 58.3 Å². The highest BCUT2D eigenvalue weighted by molar-refractivity contribution is 7.80. The molecule has 1 amide bonds. The van der Waals surface area contributed by atoms with Crippen molar-refractivity contribution in [3.8, 4) is 0 Å². The van der Waals surface area contributed by atoms with Crippen LogP contribution in [0.1, 0.15) is 58.3 Å².